The van der Waals surface area contributed by atoms with E-state index in [1.54, 1.807) is 0 Å². The van der Waals surface area contributed by atoms with Crippen molar-refractivity contribution in [3.63, 3.8) is 0 Å². The first-order valence-corrected chi connectivity index (χ1v) is 6.94. The van der Waals surface area contributed by atoms with Crippen LogP contribution in [-0.4, -0.2) is 48.5 Å². The maximum Gasteiger partial charge on any atom is 0.249 e. The fraction of sp³-hybridized carbons (Fsp3) is 0.556. The minimum atomic E-state index is -3.78. The minimum Gasteiger partial charge on any atom is -0.383 e. The van der Waals surface area contributed by atoms with Crippen molar-refractivity contribution in [2.24, 2.45) is 0 Å². The zero-order valence-electron chi connectivity index (χ0n) is 9.88. The number of hydrogen-bond acceptors (Lipinski definition) is 5. The van der Waals surface area contributed by atoms with E-state index in [1.807, 2.05) is 0 Å². The molecule has 1 saturated heterocycles. The molecule has 2 heterocycles. The summed E-state index contributed by atoms with van der Waals surface area (Å²) >= 11 is 0. The predicted molar refractivity (Wildman–Crippen MR) is 64.0 cm³/mol. The number of hydrogen-bond donors (Lipinski definition) is 3. The number of sulfonamides is 1. The van der Waals surface area contributed by atoms with Crippen LogP contribution in [0.2, 0.25) is 0 Å². The molecule has 8 nitrogen and oxygen atoms in total. The molecule has 1 aromatic heterocycles. The van der Waals surface area contributed by atoms with Gasteiger partial charge in [-0.1, -0.05) is 0 Å². The van der Waals surface area contributed by atoms with Gasteiger partial charge >= 0.3 is 0 Å². The second kappa shape index (κ2) is 4.58. The standard InChI is InChI=1S/C9H15N5O3S/c1-11-9(15)6-3-2-4-14(6)18(16,17)7-5-12-13-8(7)10/h5-6H,2-4H2,1H3,(H,11,15)(H3,10,12,13). The first kappa shape index (κ1) is 12.8. The minimum absolute atomic E-state index is 0.0162. The SMILES string of the molecule is CNC(=O)C1CCCN1S(=O)(=O)c1cn[nH]c1N. The third-order valence-corrected chi connectivity index (χ3v) is 4.91. The highest BCUT2D eigenvalue weighted by molar-refractivity contribution is 7.89. The summed E-state index contributed by atoms with van der Waals surface area (Å²) in [5.41, 5.74) is 5.52. The summed E-state index contributed by atoms with van der Waals surface area (Å²) in [6.07, 6.45) is 2.32. The maximum atomic E-state index is 12.4. The van der Waals surface area contributed by atoms with Crippen LogP contribution in [0.4, 0.5) is 5.82 Å². The average molecular weight is 273 g/mol. The van der Waals surface area contributed by atoms with Crippen LogP contribution in [0.25, 0.3) is 0 Å². The van der Waals surface area contributed by atoms with E-state index in [0.717, 1.165) is 6.20 Å². The topological polar surface area (TPSA) is 121 Å². The summed E-state index contributed by atoms with van der Waals surface area (Å²) in [6, 6.07) is -0.672. The lowest BCUT2D eigenvalue weighted by molar-refractivity contribution is -0.123. The Morgan fingerprint density at radius 1 is 1.67 bits per heavy atom. The molecule has 0 aromatic carbocycles. The van der Waals surface area contributed by atoms with Gasteiger partial charge in [0, 0.05) is 13.6 Å². The summed E-state index contributed by atoms with van der Waals surface area (Å²) in [5.74, 6) is -0.323. The van der Waals surface area contributed by atoms with E-state index in [4.69, 9.17) is 5.73 Å². The summed E-state index contributed by atoms with van der Waals surface area (Å²) < 4.78 is 25.9. The van der Waals surface area contributed by atoms with E-state index in [9.17, 15) is 13.2 Å². The normalized spacial score (nSPS) is 21.1. The number of carbonyl (C=O) groups is 1. The van der Waals surface area contributed by atoms with Gasteiger partial charge < -0.3 is 11.1 Å². The molecule has 1 amide bonds. The fourth-order valence-corrected chi connectivity index (χ4v) is 3.74. The molecule has 4 N–H and O–H groups in total. The zero-order valence-corrected chi connectivity index (χ0v) is 10.7. The van der Waals surface area contributed by atoms with Crippen LogP contribution in [0.5, 0.6) is 0 Å². The molecule has 18 heavy (non-hydrogen) atoms. The molecule has 1 aliphatic rings. The smallest absolute Gasteiger partial charge is 0.249 e. The molecule has 1 aromatic rings. The van der Waals surface area contributed by atoms with Crippen molar-refractivity contribution in [3.8, 4) is 0 Å². The van der Waals surface area contributed by atoms with Gasteiger partial charge in [-0.25, -0.2) is 8.42 Å². The number of aromatic amines is 1. The first-order chi connectivity index (χ1) is 8.48. The van der Waals surface area contributed by atoms with Crippen molar-refractivity contribution in [3.05, 3.63) is 6.20 Å². The van der Waals surface area contributed by atoms with Crippen LogP contribution in [0.1, 0.15) is 12.8 Å². The van der Waals surface area contributed by atoms with Crippen molar-refractivity contribution in [1.29, 1.82) is 0 Å². The summed E-state index contributed by atoms with van der Waals surface area (Å²) in [6.45, 7) is 0.311. The predicted octanol–water partition coefficient (Wildman–Crippen LogP) is -1.11. The monoisotopic (exact) mass is 273 g/mol. The van der Waals surface area contributed by atoms with Gasteiger partial charge in [0.15, 0.2) is 0 Å². The Hall–Kier alpha value is -1.61. The Labute approximate surface area is 105 Å². The van der Waals surface area contributed by atoms with Crippen LogP contribution in [0.3, 0.4) is 0 Å². The van der Waals surface area contributed by atoms with Gasteiger partial charge in [-0.2, -0.15) is 9.40 Å². The van der Waals surface area contributed by atoms with Crippen LogP contribution >= 0.6 is 0 Å². The van der Waals surface area contributed by atoms with Gasteiger partial charge in [-0.15, -0.1) is 0 Å². The van der Waals surface area contributed by atoms with E-state index in [1.165, 1.54) is 11.4 Å². The van der Waals surface area contributed by atoms with E-state index in [0.29, 0.717) is 19.4 Å². The lowest BCUT2D eigenvalue weighted by Gasteiger charge is -2.22. The molecule has 2 rings (SSSR count). The molecular formula is C9H15N5O3S. The van der Waals surface area contributed by atoms with Crippen molar-refractivity contribution in [2.45, 2.75) is 23.8 Å². The van der Waals surface area contributed by atoms with E-state index < -0.39 is 16.1 Å². The maximum absolute atomic E-state index is 12.4. The number of likely N-dealkylation sites (N-methyl/N-ethyl adjacent to an activating group) is 1. The number of anilines is 1. The molecule has 0 spiro atoms. The van der Waals surface area contributed by atoms with E-state index in [2.05, 4.69) is 15.5 Å². The molecule has 100 valence electrons. The van der Waals surface area contributed by atoms with E-state index >= 15 is 0 Å². The molecule has 0 radical (unpaired) electrons. The van der Waals surface area contributed by atoms with Gasteiger partial charge in [0.05, 0.1) is 6.20 Å². The number of H-pyrrole nitrogens is 1. The van der Waals surface area contributed by atoms with Gasteiger partial charge in [0.2, 0.25) is 15.9 Å². The van der Waals surface area contributed by atoms with Crippen LogP contribution in [0.15, 0.2) is 11.1 Å². The largest absolute Gasteiger partial charge is 0.383 e. The number of nitrogen functional groups attached to an aromatic ring is 1. The highest BCUT2D eigenvalue weighted by Gasteiger charge is 2.40. The Balaban J connectivity index is 2.36. The molecule has 1 atom stereocenters. The molecular weight excluding hydrogens is 258 g/mol. The molecule has 1 aliphatic heterocycles. The molecule has 9 heteroatoms. The second-order valence-corrected chi connectivity index (χ2v) is 5.89. The first-order valence-electron chi connectivity index (χ1n) is 5.50. The lowest BCUT2D eigenvalue weighted by Crippen LogP contribution is -2.44. The lowest BCUT2D eigenvalue weighted by atomic mass is 10.2. The van der Waals surface area contributed by atoms with Crippen LogP contribution in [-0.2, 0) is 14.8 Å². The van der Waals surface area contributed by atoms with Crippen LogP contribution in [0, 0.1) is 0 Å². The number of aromatic nitrogens is 2. The van der Waals surface area contributed by atoms with Gasteiger partial charge in [0.1, 0.15) is 16.8 Å². The number of rotatable bonds is 3. The zero-order chi connectivity index (χ0) is 13.3. The number of nitrogens with two attached hydrogens (primary N) is 1. The van der Waals surface area contributed by atoms with Crippen molar-refractivity contribution < 1.29 is 13.2 Å². The number of amides is 1. The Bertz CT molecular complexity index is 552. The Kier molecular flexibility index (Phi) is 3.26. The summed E-state index contributed by atoms with van der Waals surface area (Å²) in [7, 11) is -2.29. The summed E-state index contributed by atoms with van der Waals surface area (Å²) in [4.78, 5) is 11.6. The van der Waals surface area contributed by atoms with Gasteiger partial charge in [0.25, 0.3) is 0 Å². The number of nitrogens with zero attached hydrogens (tertiary/aromatic N) is 2. The molecule has 0 aliphatic carbocycles. The number of nitrogens with one attached hydrogen (secondary N) is 2. The third kappa shape index (κ3) is 1.95. The van der Waals surface area contributed by atoms with Crippen molar-refractivity contribution in [2.75, 3.05) is 19.3 Å². The fourth-order valence-electron chi connectivity index (χ4n) is 2.07. The highest BCUT2D eigenvalue weighted by Crippen LogP contribution is 2.27. The molecule has 1 fully saturated rings. The number of carbonyl (C=O) groups excluding carboxylic acids is 1. The molecule has 1 unspecified atom stereocenters. The molecule has 0 bridgehead atoms. The van der Waals surface area contributed by atoms with Gasteiger partial charge in [-0.05, 0) is 12.8 Å². The second-order valence-electron chi connectivity index (χ2n) is 4.04. The Morgan fingerprint density at radius 2 is 2.39 bits per heavy atom. The highest BCUT2D eigenvalue weighted by atomic mass is 32.2. The van der Waals surface area contributed by atoms with Crippen LogP contribution < -0.4 is 11.1 Å². The quantitative estimate of drug-likeness (QED) is 0.645. The summed E-state index contributed by atoms with van der Waals surface area (Å²) in [5, 5.41) is 8.44. The van der Waals surface area contributed by atoms with E-state index in [-0.39, 0.29) is 16.6 Å². The third-order valence-electron chi connectivity index (χ3n) is 2.97. The van der Waals surface area contributed by atoms with Gasteiger partial charge in [-0.3, -0.25) is 9.89 Å². The van der Waals surface area contributed by atoms with Crippen molar-refractivity contribution >= 4 is 21.7 Å². The average Bonchev–Trinajstić information content (AvgIpc) is 2.96. The molecule has 0 saturated carbocycles. The Morgan fingerprint density at radius 3 is 2.94 bits per heavy atom. The van der Waals surface area contributed by atoms with Crippen molar-refractivity contribution in [1.82, 2.24) is 19.8 Å².